The van der Waals surface area contributed by atoms with Crippen LogP contribution in [0.1, 0.15) is 38.8 Å². The highest BCUT2D eigenvalue weighted by Gasteiger charge is 2.20. The van der Waals surface area contributed by atoms with Gasteiger partial charge in [-0.1, -0.05) is 57.2 Å². The number of rotatable bonds is 6. The van der Waals surface area contributed by atoms with Crippen LogP contribution >= 0.6 is 0 Å². The minimum atomic E-state index is -0.262. The van der Waals surface area contributed by atoms with Gasteiger partial charge in [0, 0.05) is 6.54 Å². The summed E-state index contributed by atoms with van der Waals surface area (Å²) in [5.41, 5.74) is 3.34. The van der Waals surface area contributed by atoms with Gasteiger partial charge in [-0.25, -0.2) is 0 Å². The van der Waals surface area contributed by atoms with Gasteiger partial charge in [-0.15, -0.1) is 0 Å². The molecule has 0 aliphatic rings. The lowest BCUT2D eigenvalue weighted by molar-refractivity contribution is -0.120. The fourth-order valence-electron chi connectivity index (χ4n) is 2.72. The number of nitrogens with zero attached hydrogens (tertiary/aromatic N) is 1. The van der Waals surface area contributed by atoms with E-state index in [0.29, 0.717) is 18.0 Å². The second kappa shape index (κ2) is 8.37. The van der Waals surface area contributed by atoms with Gasteiger partial charge in [0.2, 0.25) is 5.91 Å². The van der Waals surface area contributed by atoms with Gasteiger partial charge in [-0.2, -0.15) is 0 Å². The van der Waals surface area contributed by atoms with Crippen LogP contribution < -0.4 is 10.1 Å². The third kappa shape index (κ3) is 5.09. The minimum absolute atomic E-state index is 0.0525. The summed E-state index contributed by atoms with van der Waals surface area (Å²) in [6.45, 7) is 9.24. The molecule has 140 valence electrons. The van der Waals surface area contributed by atoms with Crippen molar-refractivity contribution in [3.63, 3.8) is 0 Å². The van der Waals surface area contributed by atoms with E-state index in [1.165, 1.54) is 11.1 Å². The van der Waals surface area contributed by atoms with Gasteiger partial charge in [0.15, 0.2) is 0 Å². The molecule has 2 aromatic carbocycles. The average molecular weight is 354 g/mol. The second-order valence-corrected chi connectivity index (χ2v) is 7.73. The van der Waals surface area contributed by atoms with E-state index in [-0.39, 0.29) is 17.4 Å². The minimum Gasteiger partial charge on any atom is -0.495 e. The maximum Gasteiger partial charge on any atom is 0.241 e. The van der Waals surface area contributed by atoms with E-state index >= 15 is 0 Å². The molecule has 0 heterocycles. The molecule has 4 heteroatoms. The van der Waals surface area contributed by atoms with Gasteiger partial charge in [0.25, 0.3) is 0 Å². The Hall–Kier alpha value is -2.33. The highest BCUT2D eigenvalue weighted by atomic mass is 16.5. The predicted molar refractivity (Wildman–Crippen MR) is 108 cm³/mol. The topological polar surface area (TPSA) is 41.6 Å². The van der Waals surface area contributed by atoms with Crippen molar-refractivity contribution in [3.8, 4) is 5.75 Å². The van der Waals surface area contributed by atoms with Gasteiger partial charge < -0.3 is 10.1 Å². The Morgan fingerprint density at radius 2 is 1.73 bits per heavy atom. The van der Waals surface area contributed by atoms with Gasteiger partial charge in [-0.05, 0) is 42.6 Å². The molecular formula is C22H30N2O2. The smallest absolute Gasteiger partial charge is 0.241 e. The molecular weight excluding hydrogens is 324 g/mol. The molecule has 1 N–H and O–H groups in total. The number of nitrogens with one attached hydrogen (secondary N) is 1. The summed E-state index contributed by atoms with van der Waals surface area (Å²) >= 11 is 0. The van der Waals surface area contributed by atoms with Gasteiger partial charge in [0.1, 0.15) is 5.75 Å². The first-order chi connectivity index (χ1) is 12.2. The lowest BCUT2D eigenvalue weighted by Gasteiger charge is -2.25. The van der Waals surface area contributed by atoms with Gasteiger partial charge >= 0.3 is 0 Å². The van der Waals surface area contributed by atoms with E-state index in [0.717, 1.165) is 0 Å². The van der Waals surface area contributed by atoms with Crippen molar-refractivity contribution in [3.05, 3.63) is 59.7 Å². The SMILES string of the molecule is COc1ccccc1NC(=O)[C@@H](C)N(C)Cc1ccc(C(C)(C)C)cc1. The lowest BCUT2D eigenvalue weighted by atomic mass is 9.87. The molecule has 0 aliphatic carbocycles. The normalized spacial score (nSPS) is 12.7. The fourth-order valence-corrected chi connectivity index (χ4v) is 2.72. The monoisotopic (exact) mass is 354 g/mol. The Morgan fingerprint density at radius 3 is 2.31 bits per heavy atom. The van der Waals surface area contributed by atoms with Crippen LogP contribution in [0.3, 0.4) is 0 Å². The summed E-state index contributed by atoms with van der Waals surface area (Å²) < 4.78 is 5.29. The zero-order valence-corrected chi connectivity index (χ0v) is 16.7. The molecule has 1 amide bonds. The number of para-hydroxylation sites is 2. The van der Waals surface area contributed by atoms with Crippen LogP contribution in [0.5, 0.6) is 5.75 Å². The zero-order chi connectivity index (χ0) is 19.3. The summed E-state index contributed by atoms with van der Waals surface area (Å²) in [5.74, 6) is 0.608. The number of amides is 1. The molecule has 0 fully saturated rings. The van der Waals surface area contributed by atoms with E-state index < -0.39 is 0 Å². The van der Waals surface area contributed by atoms with Crippen LogP contribution in [0.25, 0.3) is 0 Å². The largest absolute Gasteiger partial charge is 0.495 e. The van der Waals surface area contributed by atoms with Gasteiger partial charge in [-0.3, -0.25) is 9.69 Å². The molecule has 0 radical (unpaired) electrons. The number of likely N-dealkylation sites (N-methyl/N-ethyl adjacent to an activating group) is 1. The third-order valence-corrected chi connectivity index (χ3v) is 4.66. The first-order valence-corrected chi connectivity index (χ1v) is 8.96. The molecule has 0 aliphatic heterocycles. The summed E-state index contributed by atoms with van der Waals surface area (Å²) in [7, 11) is 3.56. The van der Waals surface area contributed by atoms with Crippen molar-refractivity contribution in [2.24, 2.45) is 0 Å². The Bertz CT molecular complexity index is 733. The lowest BCUT2D eigenvalue weighted by Crippen LogP contribution is -2.39. The van der Waals surface area contributed by atoms with E-state index in [1.54, 1.807) is 7.11 Å². The van der Waals surface area contributed by atoms with Crippen LogP contribution in [0.2, 0.25) is 0 Å². The number of anilines is 1. The second-order valence-electron chi connectivity index (χ2n) is 7.73. The number of carbonyl (C=O) groups is 1. The van der Waals surface area contributed by atoms with E-state index in [2.05, 4.69) is 50.4 Å². The maximum atomic E-state index is 12.6. The molecule has 0 spiro atoms. The fraction of sp³-hybridized carbons (Fsp3) is 0.409. The first kappa shape index (κ1) is 20.0. The maximum absolute atomic E-state index is 12.6. The molecule has 2 aromatic rings. The molecule has 0 saturated carbocycles. The number of methoxy groups -OCH3 is 1. The average Bonchev–Trinajstić information content (AvgIpc) is 2.61. The van der Waals surface area contributed by atoms with Crippen molar-refractivity contribution in [2.45, 2.75) is 45.7 Å². The van der Waals surface area contributed by atoms with Crippen LogP contribution in [-0.2, 0) is 16.8 Å². The van der Waals surface area contributed by atoms with Crippen molar-refractivity contribution in [2.75, 3.05) is 19.5 Å². The van der Waals surface area contributed by atoms with Crippen molar-refractivity contribution < 1.29 is 9.53 Å². The predicted octanol–water partition coefficient (Wildman–Crippen LogP) is 4.45. The number of hydrogen-bond acceptors (Lipinski definition) is 3. The number of carbonyl (C=O) groups excluding carboxylic acids is 1. The molecule has 2 rings (SSSR count). The highest BCUT2D eigenvalue weighted by Crippen LogP contribution is 2.24. The summed E-state index contributed by atoms with van der Waals surface area (Å²) in [6.07, 6.45) is 0. The Labute approximate surface area is 157 Å². The molecule has 0 bridgehead atoms. The Balaban J connectivity index is 2.00. The van der Waals surface area contributed by atoms with E-state index in [9.17, 15) is 4.79 Å². The molecule has 1 atom stereocenters. The van der Waals surface area contributed by atoms with E-state index in [4.69, 9.17) is 4.74 Å². The number of benzene rings is 2. The molecule has 0 unspecified atom stereocenters. The molecule has 4 nitrogen and oxygen atoms in total. The number of ether oxygens (including phenoxy) is 1. The van der Waals surface area contributed by atoms with Crippen molar-refractivity contribution in [1.82, 2.24) is 4.90 Å². The zero-order valence-electron chi connectivity index (χ0n) is 16.7. The van der Waals surface area contributed by atoms with Crippen LogP contribution in [0, 0.1) is 0 Å². The molecule has 26 heavy (non-hydrogen) atoms. The van der Waals surface area contributed by atoms with Crippen LogP contribution in [0.15, 0.2) is 48.5 Å². The van der Waals surface area contributed by atoms with Gasteiger partial charge in [0.05, 0.1) is 18.8 Å². The van der Waals surface area contributed by atoms with Crippen LogP contribution in [0.4, 0.5) is 5.69 Å². The van der Waals surface area contributed by atoms with Crippen molar-refractivity contribution >= 4 is 11.6 Å². The highest BCUT2D eigenvalue weighted by molar-refractivity contribution is 5.95. The van der Waals surface area contributed by atoms with Crippen molar-refractivity contribution in [1.29, 1.82) is 0 Å². The summed E-state index contributed by atoms with van der Waals surface area (Å²) in [6, 6.07) is 15.8. The van der Waals surface area contributed by atoms with Crippen LogP contribution in [-0.4, -0.2) is 31.0 Å². The molecule has 0 saturated heterocycles. The van der Waals surface area contributed by atoms with E-state index in [1.807, 2.05) is 43.1 Å². The Morgan fingerprint density at radius 1 is 1.12 bits per heavy atom. The summed E-state index contributed by atoms with van der Waals surface area (Å²) in [4.78, 5) is 14.6. The third-order valence-electron chi connectivity index (χ3n) is 4.66. The molecule has 0 aromatic heterocycles. The summed E-state index contributed by atoms with van der Waals surface area (Å²) in [5, 5.41) is 2.95. The standard InChI is InChI=1S/C22H30N2O2/c1-16(21(25)23-19-9-7-8-10-20(19)26-6)24(5)15-17-11-13-18(14-12-17)22(2,3)4/h7-14,16H,15H2,1-6H3,(H,23,25)/t16-/m1/s1. The number of hydrogen-bond donors (Lipinski definition) is 1. The first-order valence-electron chi connectivity index (χ1n) is 8.96. The Kier molecular flexibility index (Phi) is 6.43. The quantitative estimate of drug-likeness (QED) is 0.833.